The maximum absolute atomic E-state index is 8.53. The van der Waals surface area contributed by atoms with E-state index < -0.39 is 0 Å². The van der Waals surface area contributed by atoms with E-state index in [0.717, 1.165) is 5.69 Å². The lowest BCUT2D eigenvalue weighted by atomic mass is 10.3. The van der Waals surface area contributed by atoms with Gasteiger partial charge in [0.25, 0.3) is 0 Å². The van der Waals surface area contributed by atoms with Gasteiger partial charge in [0.1, 0.15) is 6.07 Å². The van der Waals surface area contributed by atoms with E-state index in [2.05, 4.69) is 9.97 Å². The van der Waals surface area contributed by atoms with Crippen LogP contribution in [-0.4, -0.2) is 9.97 Å². The van der Waals surface area contributed by atoms with Gasteiger partial charge in [-0.2, -0.15) is 5.26 Å². The van der Waals surface area contributed by atoms with Crippen LogP contribution in [0.2, 0.25) is 0 Å². The Bertz CT molecular complexity index is 349. The van der Waals surface area contributed by atoms with Crippen molar-refractivity contribution in [3.8, 4) is 6.07 Å². The third-order valence-corrected chi connectivity index (χ3v) is 1.92. The second-order valence-electron chi connectivity index (χ2n) is 2.91. The highest BCUT2D eigenvalue weighted by molar-refractivity contribution is 5.43. The Morgan fingerprint density at radius 1 is 1.58 bits per heavy atom. The van der Waals surface area contributed by atoms with E-state index in [0.29, 0.717) is 5.92 Å². The molecule has 0 bridgehead atoms. The van der Waals surface area contributed by atoms with E-state index in [1.54, 1.807) is 6.20 Å². The summed E-state index contributed by atoms with van der Waals surface area (Å²) in [4.78, 5) is 8.01. The molecule has 0 radical (unpaired) electrons. The predicted molar refractivity (Wildman–Crippen MR) is 43.1 cm³/mol. The van der Waals surface area contributed by atoms with E-state index in [9.17, 15) is 0 Å². The number of aromatic nitrogens is 2. The van der Waals surface area contributed by atoms with Gasteiger partial charge in [-0.25, -0.2) is 9.97 Å². The zero-order valence-electron chi connectivity index (χ0n) is 6.49. The van der Waals surface area contributed by atoms with Gasteiger partial charge in [0.15, 0.2) is 11.5 Å². The van der Waals surface area contributed by atoms with Crippen molar-refractivity contribution in [2.75, 3.05) is 5.73 Å². The van der Waals surface area contributed by atoms with Crippen molar-refractivity contribution in [2.45, 2.75) is 18.8 Å². The molecule has 0 aliphatic heterocycles. The third kappa shape index (κ3) is 1.10. The molecule has 12 heavy (non-hydrogen) atoms. The molecule has 1 fully saturated rings. The molecule has 0 spiro atoms. The summed E-state index contributed by atoms with van der Waals surface area (Å²) in [6.45, 7) is 0. The van der Waals surface area contributed by atoms with Gasteiger partial charge in [-0.1, -0.05) is 0 Å². The monoisotopic (exact) mass is 160 g/mol. The Morgan fingerprint density at radius 2 is 2.33 bits per heavy atom. The number of hydrogen-bond acceptors (Lipinski definition) is 4. The van der Waals surface area contributed by atoms with Gasteiger partial charge in [0, 0.05) is 5.92 Å². The molecule has 0 aromatic carbocycles. The molecule has 2 N–H and O–H groups in total. The van der Waals surface area contributed by atoms with Crippen molar-refractivity contribution in [3.05, 3.63) is 17.6 Å². The predicted octanol–water partition coefficient (Wildman–Crippen LogP) is 0.808. The first kappa shape index (κ1) is 7.04. The van der Waals surface area contributed by atoms with Crippen LogP contribution in [0, 0.1) is 11.3 Å². The Hall–Kier alpha value is -1.63. The van der Waals surface area contributed by atoms with Crippen LogP contribution in [0.15, 0.2) is 6.20 Å². The Kier molecular flexibility index (Phi) is 1.44. The highest BCUT2D eigenvalue weighted by atomic mass is 14.9. The molecule has 0 amide bonds. The molecule has 1 aromatic heterocycles. The Labute approximate surface area is 70.1 Å². The minimum atomic E-state index is 0.222. The smallest absolute Gasteiger partial charge is 0.182 e. The van der Waals surface area contributed by atoms with E-state index in [1.807, 2.05) is 6.07 Å². The molecule has 1 heterocycles. The third-order valence-electron chi connectivity index (χ3n) is 1.92. The van der Waals surface area contributed by atoms with E-state index in [4.69, 9.17) is 11.0 Å². The van der Waals surface area contributed by atoms with E-state index in [-0.39, 0.29) is 11.5 Å². The number of nitrogens with zero attached hydrogens (tertiary/aromatic N) is 3. The molecule has 4 nitrogen and oxygen atoms in total. The fourth-order valence-corrected chi connectivity index (χ4v) is 1.08. The summed E-state index contributed by atoms with van der Waals surface area (Å²) in [6.07, 6.45) is 3.98. The summed E-state index contributed by atoms with van der Waals surface area (Å²) >= 11 is 0. The number of rotatable bonds is 1. The van der Waals surface area contributed by atoms with Crippen molar-refractivity contribution >= 4 is 5.82 Å². The summed E-state index contributed by atoms with van der Waals surface area (Å²) in [7, 11) is 0. The molecule has 0 saturated heterocycles. The quantitative estimate of drug-likeness (QED) is 0.659. The molecule has 1 aromatic rings. The first-order valence-electron chi connectivity index (χ1n) is 3.84. The molecular formula is C8H8N4. The summed E-state index contributed by atoms with van der Waals surface area (Å²) in [5, 5.41) is 8.53. The van der Waals surface area contributed by atoms with Gasteiger partial charge in [-0.3, -0.25) is 0 Å². The van der Waals surface area contributed by atoms with Crippen LogP contribution in [0.3, 0.4) is 0 Å². The molecule has 1 aliphatic carbocycles. The topological polar surface area (TPSA) is 75.6 Å². The molecular weight excluding hydrogens is 152 g/mol. The summed E-state index contributed by atoms with van der Waals surface area (Å²) in [6, 6.07) is 1.88. The molecule has 1 aliphatic rings. The molecule has 0 atom stereocenters. The Morgan fingerprint density at radius 3 is 2.83 bits per heavy atom. The average Bonchev–Trinajstić information content (AvgIpc) is 2.86. The number of nitrogens with two attached hydrogens (primary N) is 1. The van der Waals surface area contributed by atoms with Gasteiger partial charge in [0.05, 0.1) is 11.9 Å². The van der Waals surface area contributed by atoms with Crippen molar-refractivity contribution in [1.82, 2.24) is 9.97 Å². The van der Waals surface area contributed by atoms with Crippen molar-refractivity contribution in [2.24, 2.45) is 0 Å². The second kappa shape index (κ2) is 2.45. The lowest BCUT2D eigenvalue weighted by molar-refractivity contribution is 0.987. The van der Waals surface area contributed by atoms with Crippen LogP contribution in [0.5, 0.6) is 0 Å². The second-order valence-corrected chi connectivity index (χ2v) is 2.91. The molecule has 1 saturated carbocycles. The minimum absolute atomic E-state index is 0.222. The number of hydrogen-bond donors (Lipinski definition) is 1. The number of anilines is 1. The summed E-state index contributed by atoms with van der Waals surface area (Å²) in [5.74, 6) is 0.787. The molecule has 2 rings (SSSR count). The van der Waals surface area contributed by atoms with Crippen LogP contribution in [0.1, 0.15) is 30.1 Å². The zero-order chi connectivity index (χ0) is 8.55. The van der Waals surface area contributed by atoms with Crippen LogP contribution in [0.4, 0.5) is 5.82 Å². The van der Waals surface area contributed by atoms with Gasteiger partial charge >= 0.3 is 0 Å². The highest BCUT2D eigenvalue weighted by Gasteiger charge is 2.25. The van der Waals surface area contributed by atoms with Crippen molar-refractivity contribution in [1.29, 1.82) is 5.26 Å². The normalized spacial score (nSPS) is 15.6. The summed E-state index contributed by atoms with van der Waals surface area (Å²) < 4.78 is 0. The summed E-state index contributed by atoms with van der Waals surface area (Å²) in [5.41, 5.74) is 6.65. The van der Waals surface area contributed by atoms with Crippen LogP contribution >= 0.6 is 0 Å². The molecule has 60 valence electrons. The maximum Gasteiger partial charge on any atom is 0.182 e. The molecule has 0 unspecified atom stereocenters. The van der Waals surface area contributed by atoms with E-state index in [1.165, 1.54) is 12.8 Å². The van der Waals surface area contributed by atoms with Crippen molar-refractivity contribution < 1.29 is 0 Å². The first-order chi connectivity index (χ1) is 5.81. The van der Waals surface area contributed by atoms with Gasteiger partial charge in [-0.05, 0) is 12.8 Å². The number of nitriles is 1. The SMILES string of the molecule is N#Cc1ncc(C2CC2)nc1N. The lowest BCUT2D eigenvalue weighted by Crippen LogP contribution is -2.00. The standard InChI is InChI=1S/C8H8N4/c9-3-6-8(10)12-7(4-11-6)5-1-2-5/h4-5H,1-2H2,(H2,10,12). The van der Waals surface area contributed by atoms with Crippen LogP contribution in [0.25, 0.3) is 0 Å². The first-order valence-corrected chi connectivity index (χ1v) is 3.84. The average molecular weight is 160 g/mol. The zero-order valence-corrected chi connectivity index (χ0v) is 6.49. The fraction of sp³-hybridized carbons (Fsp3) is 0.375. The van der Waals surface area contributed by atoms with Gasteiger partial charge in [0.2, 0.25) is 0 Å². The minimum Gasteiger partial charge on any atom is -0.381 e. The fourth-order valence-electron chi connectivity index (χ4n) is 1.08. The van der Waals surface area contributed by atoms with Gasteiger partial charge in [-0.15, -0.1) is 0 Å². The van der Waals surface area contributed by atoms with Gasteiger partial charge < -0.3 is 5.73 Å². The Balaban J connectivity index is 2.38. The highest BCUT2D eigenvalue weighted by Crippen LogP contribution is 2.38. The van der Waals surface area contributed by atoms with E-state index >= 15 is 0 Å². The largest absolute Gasteiger partial charge is 0.381 e. The van der Waals surface area contributed by atoms with Crippen LogP contribution < -0.4 is 5.73 Å². The molecule has 4 heteroatoms. The van der Waals surface area contributed by atoms with Crippen LogP contribution in [-0.2, 0) is 0 Å². The lowest BCUT2D eigenvalue weighted by Gasteiger charge is -1.98. The van der Waals surface area contributed by atoms with Crippen molar-refractivity contribution in [3.63, 3.8) is 0 Å². The number of nitrogen functional groups attached to an aromatic ring is 1. The maximum atomic E-state index is 8.53.